The molecule has 0 fully saturated rings. The molecule has 0 spiro atoms. The van der Waals surface area contributed by atoms with Crippen LogP contribution in [-0.2, 0) is 0 Å². The molecule has 0 aliphatic carbocycles. The molecule has 1 aromatic heterocycles. The Morgan fingerprint density at radius 1 is 1.00 bits per heavy atom. The number of anilines is 1. The third-order valence-corrected chi connectivity index (χ3v) is 4.33. The zero-order chi connectivity index (χ0) is 16.9. The van der Waals surface area contributed by atoms with Crippen LogP contribution in [0.2, 0.25) is 0 Å². The second kappa shape index (κ2) is 7.18. The number of methoxy groups -OCH3 is 3. The van der Waals surface area contributed by atoms with Gasteiger partial charge in [-0.25, -0.2) is 4.98 Å². The molecule has 0 saturated carbocycles. The Labute approximate surface area is 143 Å². The number of thiazole rings is 1. The van der Waals surface area contributed by atoms with Crippen molar-refractivity contribution in [2.75, 3.05) is 26.8 Å². The number of ether oxygens (including phenoxy) is 3. The average molecular weight is 343 g/mol. The fraction of sp³-hybridized carbons (Fsp3) is 0.176. The highest BCUT2D eigenvalue weighted by Gasteiger charge is 2.14. The van der Waals surface area contributed by atoms with Crippen LogP contribution >= 0.6 is 11.3 Å². The van der Waals surface area contributed by atoms with Gasteiger partial charge in [-0.2, -0.15) is 5.10 Å². The van der Waals surface area contributed by atoms with Crippen molar-refractivity contribution in [3.05, 3.63) is 42.0 Å². The second-order valence-electron chi connectivity index (χ2n) is 4.78. The number of rotatable bonds is 6. The Morgan fingerprint density at radius 2 is 1.79 bits per heavy atom. The van der Waals surface area contributed by atoms with E-state index in [1.807, 2.05) is 30.3 Å². The normalized spacial score (nSPS) is 11.0. The summed E-state index contributed by atoms with van der Waals surface area (Å²) in [6.45, 7) is 0. The van der Waals surface area contributed by atoms with Crippen molar-refractivity contribution in [1.82, 2.24) is 4.98 Å². The Hall–Kier alpha value is -2.80. The number of nitrogens with one attached hydrogen (secondary N) is 1. The zero-order valence-electron chi connectivity index (χ0n) is 13.6. The predicted octanol–water partition coefficient (Wildman–Crippen LogP) is 3.77. The fourth-order valence-electron chi connectivity index (χ4n) is 2.30. The molecule has 0 radical (unpaired) electrons. The minimum atomic E-state index is 0.531. The maximum absolute atomic E-state index is 5.42. The van der Waals surface area contributed by atoms with E-state index in [2.05, 4.69) is 15.5 Å². The van der Waals surface area contributed by atoms with Gasteiger partial charge in [0.2, 0.25) is 10.9 Å². The van der Waals surface area contributed by atoms with Crippen LogP contribution in [0.4, 0.5) is 5.13 Å². The lowest BCUT2D eigenvalue weighted by atomic mass is 10.2. The van der Waals surface area contributed by atoms with Crippen LogP contribution in [0.3, 0.4) is 0 Å². The van der Waals surface area contributed by atoms with Gasteiger partial charge in [0.05, 0.1) is 37.8 Å². The molecule has 7 heteroatoms. The van der Waals surface area contributed by atoms with Gasteiger partial charge in [0.25, 0.3) is 0 Å². The molecule has 1 heterocycles. The molecule has 2 aromatic carbocycles. The highest BCUT2D eigenvalue weighted by atomic mass is 32.1. The number of hydrogen-bond acceptors (Lipinski definition) is 7. The number of fused-ring (bicyclic) bond motifs is 1. The van der Waals surface area contributed by atoms with Crippen molar-refractivity contribution in [1.29, 1.82) is 0 Å². The minimum Gasteiger partial charge on any atom is -0.493 e. The average Bonchev–Trinajstić information content (AvgIpc) is 3.03. The lowest BCUT2D eigenvalue weighted by Crippen LogP contribution is -1.99. The van der Waals surface area contributed by atoms with E-state index in [1.165, 1.54) is 0 Å². The van der Waals surface area contributed by atoms with Gasteiger partial charge in [0, 0.05) is 5.56 Å². The van der Waals surface area contributed by atoms with Crippen molar-refractivity contribution in [2.45, 2.75) is 0 Å². The first-order valence-corrected chi connectivity index (χ1v) is 8.02. The molecule has 124 valence electrons. The summed E-state index contributed by atoms with van der Waals surface area (Å²) in [5.41, 5.74) is 4.66. The minimum absolute atomic E-state index is 0.531. The van der Waals surface area contributed by atoms with Crippen LogP contribution in [0.25, 0.3) is 10.2 Å². The summed E-state index contributed by atoms with van der Waals surface area (Å²) in [6, 6.07) is 11.6. The maximum atomic E-state index is 5.42. The van der Waals surface area contributed by atoms with Gasteiger partial charge in [0.1, 0.15) is 0 Å². The molecule has 0 aliphatic heterocycles. The molecule has 1 N–H and O–H groups in total. The molecule has 6 nitrogen and oxygen atoms in total. The summed E-state index contributed by atoms with van der Waals surface area (Å²) in [5.74, 6) is 1.70. The van der Waals surface area contributed by atoms with E-state index < -0.39 is 0 Å². The van der Waals surface area contributed by atoms with Crippen LogP contribution < -0.4 is 19.6 Å². The number of nitrogens with zero attached hydrogens (tertiary/aromatic N) is 2. The number of benzene rings is 2. The second-order valence-corrected chi connectivity index (χ2v) is 5.81. The van der Waals surface area contributed by atoms with Crippen LogP contribution in [0.5, 0.6) is 17.2 Å². The Morgan fingerprint density at radius 3 is 2.50 bits per heavy atom. The van der Waals surface area contributed by atoms with Crippen LogP contribution in [0.15, 0.2) is 41.5 Å². The highest BCUT2D eigenvalue weighted by molar-refractivity contribution is 7.22. The number of hydrazone groups is 1. The summed E-state index contributed by atoms with van der Waals surface area (Å²) in [7, 11) is 4.73. The number of aromatic nitrogens is 1. The van der Waals surface area contributed by atoms with E-state index in [-0.39, 0.29) is 0 Å². The van der Waals surface area contributed by atoms with Crippen molar-refractivity contribution in [3.8, 4) is 17.2 Å². The molecule has 0 amide bonds. The molecular weight excluding hydrogens is 326 g/mol. The topological polar surface area (TPSA) is 65.0 Å². The first-order chi connectivity index (χ1) is 11.8. The summed E-state index contributed by atoms with van der Waals surface area (Å²) >= 11 is 1.54. The van der Waals surface area contributed by atoms with Gasteiger partial charge in [-0.1, -0.05) is 23.5 Å². The van der Waals surface area contributed by atoms with Gasteiger partial charge in [-0.15, -0.1) is 0 Å². The van der Waals surface area contributed by atoms with E-state index in [4.69, 9.17) is 14.2 Å². The van der Waals surface area contributed by atoms with Crippen molar-refractivity contribution in [2.24, 2.45) is 5.10 Å². The SMILES string of the molecule is COc1ccc(C=NNc2nc3ccccc3s2)c(OC)c1OC. The maximum Gasteiger partial charge on any atom is 0.204 e. The summed E-state index contributed by atoms with van der Waals surface area (Å²) < 4.78 is 17.2. The summed E-state index contributed by atoms with van der Waals surface area (Å²) in [6.07, 6.45) is 1.66. The Bertz CT molecular complexity index is 844. The fourth-order valence-corrected chi connectivity index (χ4v) is 3.12. The standard InChI is InChI=1S/C17H17N3O3S/c1-21-13-9-8-11(15(22-2)16(13)23-3)10-18-20-17-19-12-6-4-5-7-14(12)24-17/h4-10H,1-3H3,(H,19,20). The van der Waals surface area contributed by atoms with Crippen LogP contribution in [-0.4, -0.2) is 32.5 Å². The number of hydrogen-bond donors (Lipinski definition) is 1. The molecule has 0 bridgehead atoms. The van der Waals surface area contributed by atoms with E-state index in [0.29, 0.717) is 17.2 Å². The van der Waals surface area contributed by atoms with Crippen molar-refractivity contribution >= 4 is 32.9 Å². The van der Waals surface area contributed by atoms with Gasteiger partial charge in [-0.05, 0) is 24.3 Å². The first-order valence-electron chi connectivity index (χ1n) is 7.20. The van der Waals surface area contributed by atoms with Crippen molar-refractivity contribution in [3.63, 3.8) is 0 Å². The number of para-hydroxylation sites is 1. The van der Waals surface area contributed by atoms with E-state index in [0.717, 1.165) is 20.9 Å². The third kappa shape index (κ3) is 3.11. The van der Waals surface area contributed by atoms with Gasteiger partial charge >= 0.3 is 0 Å². The molecule has 3 rings (SSSR count). The van der Waals surface area contributed by atoms with E-state index >= 15 is 0 Å². The lowest BCUT2D eigenvalue weighted by Gasteiger charge is -2.13. The predicted molar refractivity (Wildman–Crippen MR) is 96.9 cm³/mol. The van der Waals surface area contributed by atoms with Gasteiger partial charge in [-0.3, -0.25) is 5.43 Å². The largest absolute Gasteiger partial charge is 0.493 e. The smallest absolute Gasteiger partial charge is 0.204 e. The summed E-state index contributed by atoms with van der Waals surface area (Å²) in [4.78, 5) is 4.47. The third-order valence-electron chi connectivity index (χ3n) is 3.39. The quantitative estimate of drug-likeness (QED) is 0.545. The van der Waals surface area contributed by atoms with E-state index in [1.54, 1.807) is 44.9 Å². The molecule has 0 atom stereocenters. The monoisotopic (exact) mass is 343 g/mol. The van der Waals surface area contributed by atoms with Crippen LogP contribution in [0, 0.1) is 0 Å². The molecule has 0 unspecified atom stereocenters. The first kappa shape index (κ1) is 16.1. The lowest BCUT2D eigenvalue weighted by molar-refractivity contribution is 0.324. The Kier molecular flexibility index (Phi) is 4.81. The van der Waals surface area contributed by atoms with Crippen molar-refractivity contribution < 1.29 is 14.2 Å². The Balaban J connectivity index is 1.83. The molecular formula is C17H17N3O3S. The zero-order valence-corrected chi connectivity index (χ0v) is 14.4. The van der Waals surface area contributed by atoms with Gasteiger partial charge in [0.15, 0.2) is 11.5 Å². The van der Waals surface area contributed by atoms with Crippen LogP contribution in [0.1, 0.15) is 5.56 Å². The highest BCUT2D eigenvalue weighted by Crippen LogP contribution is 2.39. The van der Waals surface area contributed by atoms with Gasteiger partial charge < -0.3 is 14.2 Å². The van der Waals surface area contributed by atoms with E-state index in [9.17, 15) is 0 Å². The molecule has 24 heavy (non-hydrogen) atoms. The summed E-state index contributed by atoms with van der Waals surface area (Å²) in [5, 5.41) is 4.97. The molecule has 0 saturated heterocycles. The molecule has 3 aromatic rings. The molecule has 0 aliphatic rings.